The lowest BCUT2D eigenvalue weighted by molar-refractivity contribution is -0.139. The molecule has 1 amide bonds. The van der Waals surface area contributed by atoms with Gasteiger partial charge in [0.05, 0.1) is 0 Å². The zero-order valence-corrected chi connectivity index (χ0v) is 14.5. The van der Waals surface area contributed by atoms with Crippen molar-refractivity contribution in [2.75, 3.05) is 26.2 Å². The summed E-state index contributed by atoms with van der Waals surface area (Å²) in [6.07, 6.45) is 1.03. The van der Waals surface area contributed by atoms with Gasteiger partial charge < -0.3 is 15.2 Å². The van der Waals surface area contributed by atoms with Crippen molar-refractivity contribution in [3.63, 3.8) is 0 Å². The number of fused-ring (bicyclic) bond motifs is 1. The molecule has 2 aromatic carbocycles. The van der Waals surface area contributed by atoms with E-state index in [2.05, 4.69) is 34.5 Å². The van der Waals surface area contributed by atoms with E-state index in [-0.39, 0.29) is 5.91 Å². The van der Waals surface area contributed by atoms with Gasteiger partial charge in [-0.15, -0.1) is 0 Å². The molecule has 2 N–H and O–H groups in total. The summed E-state index contributed by atoms with van der Waals surface area (Å²) in [5.41, 5.74) is 3.22. The molecule has 136 valence electrons. The van der Waals surface area contributed by atoms with Crippen molar-refractivity contribution in [1.82, 2.24) is 10.2 Å². The first-order valence-corrected chi connectivity index (χ1v) is 8.64. The quantitative estimate of drug-likeness (QED) is 0.794. The molecule has 3 rings (SSSR count). The third-order valence-electron chi connectivity index (χ3n) is 4.38. The summed E-state index contributed by atoms with van der Waals surface area (Å²) in [4.78, 5) is 25.2. The smallest absolute Gasteiger partial charge is 0.341 e. The lowest BCUT2D eigenvalue weighted by Gasteiger charge is -2.28. The minimum atomic E-state index is -1.05. The minimum absolute atomic E-state index is 0.191. The molecule has 2 aromatic rings. The van der Waals surface area contributed by atoms with Crippen molar-refractivity contribution in [3.05, 3.63) is 65.2 Å². The van der Waals surface area contributed by atoms with Crippen molar-refractivity contribution < 1.29 is 19.4 Å². The number of benzene rings is 2. The Labute approximate surface area is 152 Å². The molecule has 0 unspecified atom stereocenters. The second kappa shape index (κ2) is 8.49. The number of amides is 1. The topological polar surface area (TPSA) is 78.9 Å². The van der Waals surface area contributed by atoms with E-state index in [0.29, 0.717) is 17.9 Å². The van der Waals surface area contributed by atoms with Crippen LogP contribution in [0.1, 0.15) is 21.5 Å². The second-order valence-electron chi connectivity index (χ2n) is 6.26. The maximum Gasteiger partial charge on any atom is 0.341 e. The summed E-state index contributed by atoms with van der Waals surface area (Å²) in [5, 5.41) is 11.6. The van der Waals surface area contributed by atoms with Crippen LogP contribution >= 0.6 is 0 Å². The van der Waals surface area contributed by atoms with Crippen molar-refractivity contribution in [3.8, 4) is 5.75 Å². The number of aliphatic carboxylic acids is 1. The second-order valence-corrected chi connectivity index (χ2v) is 6.26. The molecular formula is C20H22N2O4. The zero-order chi connectivity index (χ0) is 18.4. The van der Waals surface area contributed by atoms with Gasteiger partial charge in [0.15, 0.2) is 6.61 Å². The fourth-order valence-corrected chi connectivity index (χ4v) is 3.05. The number of carboxylic acid groups (broad SMARTS) is 1. The maximum atomic E-state index is 12.3. The van der Waals surface area contributed by atoms with Crippen molar-refractivity contribution >= 4 is 11.9 Å². The normalized spacial score (nSPS) is 13.7. The van der Waals surface area contributed by atoms with Gasteiger partial charge in [-0.2, -0.15) is 0 Å². The van der Waals surface area contributed by atoms with Crippen LogP contribution in [0.3, 0.4) is 0 Å². The van der Waals surface area contributed by atoms with E-state index in [1.54, 1.807) is 24.3 Å². The molecule has 26 heavy (non-hydrogen) atoms. The number of carboxylic acids is 1. The average Bonchev–Trinajstić information content (AvgIpc) is 2.66. The number of carbonyl (C=O) groups is 2. The van der Waals surface area contributed by atoms with Crippen LogP contribution in [0.25, 0.3) is 0 Å². The predicted octanol–water partition coefficient (Wildman–Crippen LogP) is 1.94. The number of hydrogen-bond donors (Lipinski definition) is 2. The molecule has 1 heterocycles. The van der Waals surface area contributed by atoms with Gasteiger partial charge in [-0.1, -0.05) is 30.3 Å². The molecule has 1 aliphatic rings. The van der Waals surface area contributed by atoms with Crippen LogP contribution in [0.2, 0.25) is 0 Å². The van der Waals surface area contributed by atoms with Gasteiger partial charge in [0, 0.05) is 31.7 Å². The summed E-state index contributed by atoms with van der Waals surface area (Å²) in [7, 11) is 0. The summed E-state index contributed by atoms with van der Waals surface area (Å²) in [5.74, 6) is -0.876. The molecule has 0 aliphatic carbocycles. The fraction of sp³-hybridized carbons (Fsp3) is 0.300. The molecule has 1 aliphatic heterocycles. The monoisotopic (exact) mass is 354 g/mol. The van der Waals surface area contributed by atoms with Crippen LogP contribution in [-0.4, -0.2) is 48.1 Å². The van der Waals surface area contributed by atoms with E-state index in [9.17, 15) is 9.59 Å². The third kappa shape index (κ3) is 4.83. The molecule has 0 fully saturated rings. The molecule has 0 atom stereocenters. The van der Waals surface area contributed by atoms with Crippen LogP contribution in [-0.2, 0) is 17.8 Å². The fourth-order valence-electron chi connectivity index (χ4n) is 3.05. The van der Waals surface area contributed by atoms with Crippen molar-refractivity contribution in [2.45, 2.75) is 13.0 Å². The molecule has 6 heteroatoms. The van der Waals surface area contributed by atoms with Crippen molar-refractivity contribution in [2.24, 2.45) is 0 Å². The first kappa shape index (κ1) is 17.9. The average molecular weight is 354 g/mol. The summed E-state index contributed by atoms with van der Waals surface area (Å²) in [6.45, 7) is 2.81. The lowest BCUT2D eigenvalue weighted by Crippen LogP contribution is -2.37. The Kier molecular flexibility index (Phi) is 5.86. The highest BCUT2D eigenvalue weighted by Gasteiger charge is 2.15. The number of rotatable bonds is 7. The lowest BCUT2D eigenvalue weighted by atomic mass is 10.00. The Morgan fingerprint density at radius 2 is 1.92 bits per heavy atom. The Morgan fingerprint density at radius 3 is 2.73 bits per heavy atom. The molecular weight excluding hydrogens is 332 g/mol. The van der Waals surface area contributed by atoms with Gasteiger partial charge >= 0.3 is 5.97 Å². The van der Waals surface area contributed by atoms with Crippen LogP contribution in [0.15, 0.2) is 48.5 Å². The number of ether oxygens (including phenoxy) is 1. The molecule has 0 radical (unpaired) electrons. The molecule has 0 bridgehead atoms. The predicted molar refractivity (Wildman–Crippen MR) is 97.3 cm³/mol. The molecule has 0 saturated carbocycles. The highest BCUT2D eigenvalue weighted by Crippen LogP contribution is 2.18. The highest BCUT2D eigenvalue weighted by atomic mass is 16.5. The van der Waals surface area contributed by atoms with Gasteiger partial charge in [-0.25, -0.2) is 4.79 Å². The first-order chi connectivity index (χ1) is 12.6. The molecule has 0 aromatic heterocycles. The molecule has 6 nitrogen and oxygen atoms in total. The summed E-state index contributed by atoms with van der Waals surface area (Å²) >= 11 is 0. The van der Waals surface area contributed by atoms with Gasteiger partial charge in [0.2, 0.25) is 0 Å². The van der Waals surface area contributed by atoms with Crippen LogP contribution in [0, 0.1) is 0 Å². The largest absolute Gasteiger partial charge is 0.482 e. The van der Waals surface area contributed by atoms with Crippen LogP contribution in [0.5, 0.6) is 5.75 Å². The van der Waals surface area contributed by atoms with Gasteiger partial charge in [-0.05, 0) is 35.7 Å². The van der Waals surface area contributed by atoms with E-state index >= 15 is 0 Å². The van der Waals surface area contributed by atoms with Gasteiger partial charge in [0.25, 0.3) is 5.91 Å². The highest BCUT2D eigenvalue weighted by molar-refractivity contribution is 5.94. The van der Waals surface area contributed by atoms with Crippen LogP contribution < -0.4 is 10.1 Å². The van der Waals surface area contributed by atoms with Crippen LogP contribution in [0.4, 0.5) is 0 Å². The Bertz CT molecular complexity index is 791. The Morgan fingerprint density at radius 1 is 1.12 bits per heavy atom. The first-order valence-electron chi connectivity index (χ1n) is 8.64. The Hall–Kier alpha value is -2.86. The summed E-state index contributed by atoms with van der Waals surface area (Å²) in [6, 6.07) is 15.0. The summed E-state index contributed by atoms with van der Waals surface area (Å²) < 4.78 is 5.10. The number of nitrogens with zero attached hydrogens (tertiary/aromatic N) is 1. The van der Waals surface area contributed by atoms with E-state index in [0.717, 1.165) is 26.1 Å². The van der Waals surface area contributed by atoms with Crippen molar-refractivity contribution in [1.29, 1.82) is 0 Å². The van der Waals surface area contributed by atoms with Gasteiger partial charge in [-0.3, -0.25) is 9.69 Å². The van der Waals surface area contributed by atoms with E-state index in [4.69, 9.17) is 9.84 Å². The third-order valence-corrected chi connectivity index (χ3v) is 4.38. The number of hydrogen-bond acceptors (Lipinski definition) is 4. The molecule has 0 spiro atoms. The van der Waals surface area contributed by atoms with E-state index in [1.807, 2.05) is 0 Å². The Balaban J connectivity index is 1.47. The zero-order valence-electron chi connectivity index (χ0n) is 14.5. The maximum absolute atomic E-state index is 12.3. The standard InChI is InChI=1S/C20H22N2O4/c23-19(24)14-26-18-7-3-6-16(12-18)20(25)21-9-11-22-10-8-15-4-1-2-5-17(15)13-22/h1-7,12H,8-11,13-14H2,(H,21,25)(H,23,24). The van der Waals surface area contributed by atoms with E-state index in [1.165, 1.54) is 11.1 Å². The van der Waals surface area contributed by atoms with Gasteiger partial charge in [0.1, 0.15) is 5.75 Å². The minimum Gasteiger partial charge on any atom is -0.482 e. The SMILES string of the molecule is O=C(O)COc1cccc(C(=O)NCCN2CCc3ccccc3C2)c1. The number of nitrogens with one attached hydrogen (secondary N) is 1. The van der Waals surface area contributed by atoms with E-state index < -0.39 is 12.6 Å². The molecule has 0 saturated heterocycles. The number of carbonyl (C=O) groups excluding carboxylic acids is 1.